The van der Waals surface area contributed by atoms with Crippen LogP contribution in [-0.4, -0.2) is 16.0 Å². The van der Waals surface area contributed by atoms with Crippen LogP contribution >= 0.6 is 11.3 Å². The molecule has 0 aliphatic carbocycles. The van der Waals surface area contributed by atoms with Gasteiger partial charge in [-0.1, -0.05) is 18.2 Å². The van der Waals surface area contributed by atoms with E-state index in [4.69, 9.17) is 0 Å². The van der Waals surface area contributed by atoms with Gasteiger partial charge in [0.15, 0.2) is 5.82 Å². The van der Waals surface area contributed by atoms with Gasteiger partial charge in [0.2, 0.25) is 0 Å². The first-order chi connectivity index (χ1) is 9.34. The number of hydrogen-bond acceptors (Lipinski definition) is 4. The van der Waals surface area contributed by atoms with Crippen LogP contribution in [0.4, 0.5) is 11.5 Å². The number of rotatable bonds is 1. The van der Waals surface area contributed by atoms with Crippen LogP contribution in [0, 0.1) is 0 Å². The molecule has 4 heteroatoms. The number of aromatic nitrogens is 2. The third-order valence-corrected chi connectivity index (χ3v) is 4.56. The van der Waals surface area contributed by atoms with E-state index < -0.39 is 0 Å². The summed E-state index contributed by atoms with van der Waals surface area (Å²) in [5, 5.41) is 2.08. The Morgan fingerprint density at radius 2 is 2.11 bits per heavy atom. The number of benzene rings is 1. The van der Waals surface area contributed by atoms with E-state index in [9.17, 15) is 0 Å². The zero-order valence-electron chi connectivity index (χ0n) is 10.6. The van der Waals surface area contributed by atoms with Crippen LogP contribution in [0.3, 0.4) is 0 Å². The molecule has 4 rings (SSSR count). The monoisotopic (exact) mass is 267 g/mol. The molecule has 0 N–H and O–H groups in total. The highest BCUT2D eigenvalue weighted by Gasteiger charge is 2.29. The van der Waals surface area contributed by atoms with E-state index in [1.165, 1.54) is 16.0 Å². The summed E-state index contributed by atoms with van der Waals surface area (Å²) in [6, 6.07) is 11.1. The van der Waals surface area contributed by atoms with Crippen LogP contribution < -0.4 is 4.90 Å². The Hall–Kier alpha value is -1.94. The van der Waals surface area contributed by atoms with Crippen molar-refractivity contribution in [2.75, 3.05) is 4.90 Å². The quantitative estimate of drug-likeness (QED) is 0.672. The lowest BCUT2D eigenvalue weighted by atomic mass is 10.1. The maximum atomic E-state index is 4.54. The Kier molecular flexibility index (Phi) is 2.32. The molecule has 0 saturated carbocycles. The second-order valence-electron chi connectivity index (χ2n) is 4.88. The van der Waals surface area contributed by atoms with E-state index in [-0.39, 0.29) is 0 Å². The Bertz CT molecular complexity index is 750. The van der Waals surface area contributed by atoms with Crippen LogP contribution in [0.5, 0.6) is 0 Å². The van der Waals surface area contributed by atoms with Crippen LogP contribution in [0.2, 0.25) is 0 Å². The molecule has 0 fully saturated rings. The number of thiophene rings is 1. The van der Waals surface area contributed by atoms with Gasteiger partial charge < -0.3 is 4.90 Å². The topological polar surface area (TPSA) is 29.0 Å². The number of nitrogens with zero attached hydrogens (tertiary/aromatic N) is 3. The van der Waals surface area contributed by atoms with Crippen LogP contribution in [0.15, 0.2) is 42.0 Å². The van der Waals surface area contributed by atoms with Crippen molar-refractivity contribution < 1.29 is 0 Å². The van der Waals surface area contributed by atoms with Crippen molar-refractivity contribution in [1.29, 1.82) is 0 Å². The van der Waals surface area contributed by atoms with Gasteiger partial charge in [-0.2, -0.15) is 0 Å². The molecule has 1 unspecified atom stereocenters. The lowest BCUT2D eigenvalue weighted by Gasteiger charge is -2.24. The Labute approximate surface area is 115 Å². The molecule has 3 heterocycles. The fraction of sp³-hybridized carbons (Fsp3) is 0.200. The largest absolute Gasteiger partial charge is 0.322 e. The molecule has 19 heavy (non-hydrogen) atoms. The minimum Gasteiger partial charge on any atom is -0.322 e. The van der Waals surface area contributed by atoms with Gasteiger partial charge in [0.05, 0.1) is 10.2 Å². The highest BCUT2D eigenvalue weighted by Crippen LogP contribution is 2.40. The molecule has 1 aliphatic rings. The van der Waals surface area contributed by atoms with Gasteiger partial charge >= 0.3 is 0 Å². The first-order valence-electron chi connectivity index (χ1n) is 6.40. The molecule has 94 valence electrons. The second kappa shape index (κ2) is 4.03. The van der Waals surface area contributed by atoms with E-state index in [1.807, 2.05) is 0 Å². The van der Waals surface area contributed by atoms with Gasteiger partial charge in [0.25, 0.3) is 0 Å². The van der Waals surface area contributed by atoms with E-state index >= 15 is 0 Å². The summed E-state index contributed by atoms with van der Waals surface area (Å²) < 4.78 is 1.17. The van der Waals surface area contributed by atoms with Crippen molar-refractivity contribution in [3.63, 3.8) is 0 Å². The standard InChI is InChI=1S/C15H13N3S/c1-10-8-11-4-2-3-5-13(11)18(10)15-14-12(6-7-19-14)16-9-17-15/h2-7,9-10H,8H2,1H3. The maximum absolute atomic E-state index is 4.54. The summed E-state index contributed by atoms with van der Waals surface area (Å²) in [5.74, 6) is 1.04. The predicted octanol–water partition coefficient (Wildman–Crippen LogP) is 3.77. The minimum absolute atomic E-state index is 0.442. The molecular formula is C15H13N3S. The zero-order chi connectivity index (χ0) is 12.8. The van der Waals surface area contributed by atoms with Crippen molar-refractivity contribution in [3.8, 4) is 0 Å². The number of hydrogen-bond donors (Lipinski definition) is 0. The summed E-state index contributed by atoms with van der Waals surface area (Å²) in [6.07, 6.45) is 2.74. The third-order valence-electron chi connectivity index (χ3n) is 3.66. The fourth-order valence-corrected chi connectivity index (χ4v) is 3.67. The Balaban J connectivity index is 1.95. The lowest BCUT2D eigenvalue weighted by Crippen LogP contribution is -2.24. The second-order valence-corrected chi connectivity index (χ2v) is 5.80. The van der Waals surface area contributed by atoms with Crippen LogP contribution in [-0.2, 0) is 6.42 Å². The number of fused-ring (bicyclic) bond motifs is 2. The first-order valence-corrected chi connectivity index (χ1v) is 7.28. The Morgan fingerprint density at radius 1 is 1.21 bits per heavy atom. The molecular weight excluding hydrogens is 254 g/mol. The molecule has 3 nitrogen and oxygen atoms in total. The minimum atomic E-state index is 0.442. The molecule has 0 amide bonds. The SMILES string of the molecule is CC1Cc2ccccc2N1c1ncnc2ccsc12. The van der Waals surface area contributed by atoms with E-state index in [0.717, 1.165) is 17.8 Å². The summed E-state index contributed by atoms with van der Waals surface area (Å²) >= 11 is 1.71. The molecule has 2 aromatic heterocycles. The number of para-hydroxylation sites is 1. The van der Waals surface area contributed by atoms with Gasteiger partial charge in [-0.05, 0) is 36.4 Å². The van der Waals surface area contributed by atoms with E-state index in [1.54, 1.807) is 17.7 Å². The van der Waals surface area contributed by atoms with Crippen molar-refractivity contribution in [3.05, 3.63) is 47.6 Å². The normalized spacial score (nSPS) is 17.9. The molecule has 1 aromatic carbocycles. The summed E-state index contributed by atoms with van der Waals surface area (Å²) in [5.41, 5.74) is 3.72. The third kappa shape index (κ3) is 1.56. The average molecular weight is 267 g/mol. The lowest BCUT2D eigenvalue weighted by molar-refractivity contribution is 0.752. The highest BCUT2D eigenvalue weighted by atomic mass is 32.1. The van der Waals surface area contributed by atoms with Gasteiger partial charge in [-0.3, -0.25) is 0 Å². The molecule has 1 aliphatic heterocycles. The first kappa shape index (κ1) is 10.9. The van der Waals surface area contributed by atoms with E-state index in [2.05, 4.69) is 57.5 Å². The average Bonchev–Trinajstić information content (AvgIpc) is 3.01. The molecule has 3 aromatic rings. The van der Waals surface area contributed by atoms with Gasteiger partial charge in [0.1, 0.15) is 6.33 Å². The molecule has 1 atom stereocenters. The van der Waals surface area contributed by atoms with Crippen molar-refractivity contribution in [2.45, 2.75) is 19.4 Å². The number of anilines is 2. The van der Waals surface area contributed by atoms with Crippen LogP contribution in [0.25, 0.3) is 10.2 Å². The summed E-state index contributed by atoms with van der Waals surface area (Å²) in [4.78, 5) is 11.2. The predicted molar refractivity (Wildman–Crippen MR) is 79.2 cm³/mol. The highest BCUT2D eigenvalue weighted by molar-refractivity contribution is 7.17. The Morgan fingerprint density at radius 3 is 3.05 bits per heavy atom. The summed E-state index contributed by atoms with van der Waals surface area (Å²) in [7, 11) is 0. The smallest absolute Gasteiger partial charge is 0.154 e. The molecule has 0 bridgehead atoms. The van der Waals surface area contributed by atoms with Crippen molar-refractivity contribution in [1.82, 2.24) is 9.97 Å². The van der Waals surface area contributed by atoms with Crippen LogP contribution in [0.1, 0.15) is 12.5 Å². The molecule has 0 spiro atoms. The van der Waals surface area contributed by atoms with Gasteiger partial charge in [0, 0.05) is 11.7 Å². The molecule has 0 radical (unpaired) electrons. The summed E-state index contributed by atoms with van der Waals surface area (Å²) in [6.45, 7) is 2.25. The van der Waals surface area contributed by atoms with Crippen molar-refractivity contribution in [2.24, 2.45) is 0 Å². The van der Waals surface area contributed by atoms with Crippen molar-refractivity contribution >= 4 is 33.1 Å². The fourth-order valence-electron chi connectivity index (χ4n) is 2.84. The van der Waals surface area contributed by atoms with Gasteiger partial charge in [-0.25, -0.2) is 9.97 Å². The zero-order valence-corrected chi connectivity index (χ0v) is 11.4. The van der Waals surface area contributed by atoms with E-state index in [0.29, 0.717) is 6.04 Å². The van der Waals surface area contributed by atoms with Gasteiger partial charge in [-0.15, -0.1) is 11.3 Å². The molecule has 0 saturated heterocycles. The maximum Gasteiger partial charge on any atom is 0.154 e.